The third-order valence-corrected chi connectivity index (χ3v) is 6.18. The van der Waals surface area contributed by atoms with Gasteiger partial charge in [-0.25, -0.2) is 13.1 Å². The van der Waals surface area contributed by atoms with Gasteiger partial charge in [0.05, 0.1) is 4.90 Å². The number of hydrogen-bond acceptors (Lipinski definition) is 3. The minimum absolute atomic E-state index is 0.316. The molecule has 4 nitrogen and oxygen atoms in total. The van der Waals surface area contributed by atoms with Gasteiger partial charge in [-0.05, 0) is 79.4 Å². The lowest BCUT2D eigenvalue weighted by atomic mass is 9.98. The summed E-state index contributed by atoms with van der Waals surface area (Å²) >= 11 is 3.33. The molecule has 6 heteroatoms. The van der Waals surface area contributed by atoms with Crippen LogP contribution in [0.1, 0.15) is 18.4 Å². The van der Waals surface area contributed by atoms with Gasteiger partial charge in [0.25, 0.3) is 0 Å². The fourth-order valence-corrected chi connectivity index (χ4v) is 4.70. The van der Waals surface area contributed by atoms with Gasteiger partial charge in [-0.2, -0.15) is 0 Å². The van der Waals surface area contributed by atoms with Crippen LogP contribution in [0.15, 0.2) is 27.6 Å². The summed E-state index contributed by atoms with van der Waals surface area (Å²) in [6.07, 6.45) is 2.10. The molecule has 0 saturated carbocycles. The molecule has 0 unspecified atom stereocenters. The first kappa shape index (κ1) is 15.9. The molecule has 1 N–H and O–H groups in total. The summed E-state index contributed by atoms with van der Waals surface area (Å²) < 4.78 is 28.0. The third-order valence-electron chi connectivity index (χ3n) is 3.78. The van der Waals surface area contributed by atoms with Crippen molar-refractivity contribution in [2.24, 2.45) is 5.92 Å². The van der Waals surface area contributed by atoms with Crippen LogP contribution in [-0.2, 0) is 10.0 Å². The Morgan fingerprint density at radius 1 is 1.35 bits per heavy atom. The first-order valence-electron chi connectivity index (χ1n) is 6.83. The highest BCUT2D eigenvalue weighted by atomic mass is 79.9. The van der Waals surface area contributed by atoms with Gasteiger partial charge in [0, 0.05) is 11.0 Å². The summed E-state index contributed by atoms with van der Waals surface area (Å²) in [6, 6.07) is 5.29. The van der Waals surface area contributed by atoms with Gasteiger partial charge in [0.1, 0.15) is 0 Å². The van der Waals surface area contributed by atoms with E-state index in [4.69, 9.17) is 0 Å². The summed E-state index contributed by atoms with van der Waals surface area (Å²) in [6.45, 7) is 4.55. The van der Waals surface area contributed by atoms with Crippen LogP contribution in [0.2, 0.25) is 0 Å². The van der Waals surface area contributed by atoms with Crippen molar-refractivity contribution in [2.75, 3.05) is 26.7 Å². The molecule has 1 aromatic carbocycles. The Hall–Kier alpha value is -0.430. The predicted molar refractivity (Wildman–Crippen MR) is 84.3 cm³/mol. The van der Waals surface area contributed by atoms with Crippen molar-refractivity contribution in [2.45, 2.75) is 24.7 Å². The molecule has 1 fully saturated rings. The van der Waals surface area contributed by atoms with Gasteiger partial charge in [-0.1, -0.05) is 6.07 Å². The molecule has 0 bridgehead atoms. The molecule has 0 spiro atoms. The smallest absolute Gasteiger partial charge is 0.241 e. The molecule has 0 amide bonds. The number of benzene rings is 1. The van der Waals surface area contributed by atoms with Crippen molar-refractivity contribution in [1.82, 2.24) is 9.62 Å². The van der Waals surface area contributed by atoms with E-state index in [0.29, 0.717) is 21.8 Å². The average Bonchev–Trinajstić information content (AvgIpc) is 2.37. The molecule has 0 aliphatic carbocycles. The van der Waals surface area contributed by atoms with Gasteiger partial charge < -0.3 is 4.90 Å². The molecule has 1 aliphatic heterocycles. The van der Waals surface area contributed by atoms with Crippen LogP contribution in [0.5, 0.6) is 0 Å². The average molecular weight is 361 g/mol. The number of rotatable bonds is 4. The summed E-state index contributed by atoms with van der Waals surface area (Å²) in [4.78, 5) is 2.60. The Morgan fingerprint density at radius 3 is 2.60 bits per heavy atom. The van der Waals surface area contributed by atoms with Crippen molar-refractivity contribution in [3.63, 3.8) is 0 Å². The van der Waals surface area contributed by atoms with Crippen LogP contribution >= 0.6 is 15.9 Å². The Labute approximate surface area is 129 Å². The lowest BCUT2D eigenvalue weighted by molar-refractivity contribution is 0.220. The molecular formula is C14H21BrN2O2S. The Morgan fingerprint density at radius 2 is 2.00 bits per heavy atom. The number of piperidine rings is 1. The molecule has 2 rings (SSSR count). The Bertz CT molecular complexity index is 567. The lowest BCUT2D eigenvalue weighted by Crippen LogP contribution is -2.36. The number of halogens is 1. The van der Waals surface area contributed by atoms with Gasteiger partial charge in [0.15, 0.2) is 0 Å². The van der Waals surface area contributed by atoms with Crippen molar-refractivity contribution >= 4 is 26.0 Å². The van der Waals surface area contributed by atoms with Crippen LogP contribution in [0.3, 0.4) is 0 Å². The highest BCUT2D eigenvalue weighted by Crippen LogP contribution is 2.23. The second-order valence-corrected chi connectivity index (χ2v) is 8.12. The van der Waals surface area contributed by atoms with E-state index in [-0.39, 0.29) is 0 Å². The SMILES string of the molecule is Cc1ccc(S(=O)(=O)NCC2CCN(C)CC2)c(Br)c1. The van der Waals surface area contributed by atoms with Gasteiger partial charge in [-0.15, -0.1) is 0 Å². The fourth-order valence-electron chi connectivity index (χ4n) is 2.40. The second-order valence-electron chi connectivity index (χ2n) is 5.53. The Kier molecular flexibility index (Phi) is 5.23. The summed E-state index contributed by atoms with van der Waals surface area (Å²) in [5.41, 5.74) is 1.03. The molecule has 0 atom stereocenters. The van der Waals surface area contributed by atoms with E-state index in [1.165, 1.54) is 0 Å². The molecule has 1 aromatic rings. The summed E-state index contributed by atoms with van der Waals surface area (Å²) in [7, 11) is -1.33. The number of likely N-dealkylation sites (tertiary alicyclic amines) is 1. The van der Waals surface area contributed by atoms with Crippen molar-refractivity contribution in [3.05, 3.63) is 28.2 Å². The first-order chi connectivity index (χ1) is 9.38. The van der Waals surface area contributed by atoms with Crippen LogP contribution in [0, 0.1) is 12.8 Å². The normalized spacial score (nSPS) is 18.4. The molecular weight excluding hydrogens is 340 g/mol. The van der Waals surface area contributed by atoms with E-state index in [2.05, 4.69) is 32.6 Å². The van der Waals surface area contributed by atoms with Crippen molar-refractivity contribution in [1.29, 1.82) is 0 Å². The van der Waals surface area contributed by atoms with E-state index >= 15 is 0 Å². The van der Waals surface area contributed by atoms with E-state index in [1.54, 1.807) is 6.07 Å². The molecule has 0 radical (unpaired) electrons. The number of hydrogen-bond donors (Lipinski definition) is 1. The number of aryl methyl sites for hydroxylation is 1. The van der Waals surface area contributed by atoms with Crippen LogP contribution in [0.4, 0.5) is 0 Å². The highest BCUT2D eigenvalue weighted by Gasteiger charge is 2.21. The minimum Gasteiger partial charge on any atom is -0.306 e. The molecule has 20 heavy (non-hydrogen) atoms. The fraction of sp³-hybridized carbons (Fsp3) is 0.571. The third kappa shape index (κ3) is 4.04. The number of nitrogens with zero attached hydrogens (tertiary/aromatic N) is 1. The second kappa shape index (κ2) is 6.56. The van der Waals surface area contributed by atoms with Crippen LogP contribution < -0.4 is 4.72 Å². The highest BCUT2D eigenvalue weighted by molar-refractivity contribution is 9.10. The Balaban J connectivity index is 2.00. The minimum atomic E-state index is -3.43. The maximum Gasteiger partial charge on any atom is 0.241 e. The van der Waals surface area contributed by atoms with E-state index < -0.39 is 10.0 Å². The van der Waals surface area contributed by atoms with Crippen molar-refractivity contribution in [3.8, 4) is 0 Å². The zero-order chi connectivity index (χ0) is 14.8. The molecule has 1 heterocycles. The van der Waals surface area contributed by atoms with Crippen LogP contribution in [-0.4, -0.2) is 40.0 Å². The monoisotopic (exact) mass is 360 g/mol. The first-order valence-corrected chi connectivity index (χ1v) is 9.10. The van der Waals surface area contributed by atoms with E-state index in [0.717, 1.165) is 31.5 Å². The van der Waals surface area contributed by atoms with E-state index in [9.17, 15) is 8.42 Å². The molecule has 0 aromatic heterocycles. The summed E-state index contributed by atoms with van der Waals surface area (Å²) in [5.74, 6) is 0.435. The molecule has 1 saturated heterocycles. The zero-order valence-electron chi connectivity index (χ0n) is 11.9. The number of nitrogens with one attached hydrogen (secondary N) is 1. The predicted octanol–water partition coefficient (Wildman–Crippen LogP) is 2.38. The lowest BCUT2D eigenvalue weighted by Gasteiger charge is -2.28. The van der Waals surface area contributed by atoms with Crippen LogP contribution in [0.25, 0.3) is 0 Å². The summed E-state index contributed by atoms with van der Waals surface area (Å²) in [5, 5.41) is 0. The largest absolute Gasteiger partial charge is 0.306 e. The number of sulfonamides is 1. The topological polar surface area (TPSA) is 49.4 Å². The van der Waals surface area contributed by atoms with Crippen molar-refractivity contribution < 1.29 is 8.42 Å². The standard InChI is InChI=1S/C14H21BrN2O2S/c1-11-3-4-14(13(15)9-11)20(18,19)16-10-12-5-7-17(2)8-6-12/h3-4,9,12,16H,5-8,10H2,1-2H3. The molecule has 112 valence electrons. The van der Waals surface area contributed by atoms with E-state index in [1.807, 2.05) is 19.1 Å². The van der Waals surface area contributed by atoms with Gasteiger partial charge in [-0.3, -0.25) is 0 Å². The van der Waals surface area contributed by atoms with Gasteiger partial charge >= 0.3 is 0 Å². The quantitative estimate of drug-likeness (QED) is 0.896. The zero-order valence-corrected chi connectivity index (χ0v) is 14.3. The maximum absolute atomic E-state index is 12.3. The van der Waals surface area contributed by atoms with Gasteiger partial charge in [0.2, 0.25) is 10.0 Å². The molecule has 1 aliphatic rings. The maximum atomic E-state index is 12.3.